The number of ether oxygens (including phenoxy) is 2. The van der Waals surface area contributed by atoms with Gasteiger partial charge < -0.3 is 9.47 Å². The molecule has 0 aromatic rings. The molecule has 0 N–H and O–H groups in total. The molecular weight excluding hydrogens is 290 g/mol. The quantitative estimate of drug-likeness (QED) is 0.354. The van der Waals surface area contributed by atoms with Crippen LogP contribution in [0.15, 0.2) is 0 Å². The van der Waals surface area contributed by atoms with Gasteiger partial charge in [0.2, 0.25) is 0 Å². The lowest BCUT2D eigenvalue weighted by molar-refractivity contribution is -0.144. The van der Waals surface area contributed by atoms with Crippen LogP contribution in [-0.2, 0) is 14.3 Å². The van der Waals surface area contributed by atoms with Crippen molar-refractivity contribution in [1.82, 2.24) is 4.90 Å². The SMILES string of the molecule is CCCCCCCCCCCCOC(=O)CCN1CCOCC1. The van der Waals surface area contributed by atoms with E-state index in [0.717, 1.165) is 39.3 Å². The third-order valence-electron chi connectivity index (χ3n) is 4.50. The normalized spacial score (nSPS) is 15.7. The Kier molecular flexibility index (Phi) is 13.3. The molecule has 0 atom stereocenters. The maximum Gasteiger partial charge on any atom is 0.307 e. The molecule has 0 radical (unpaired) electrons. The number of unbranched alkanes of at least 4 members (excludes halogenated alkanes) is 9. The number of morpholine rings is 1. The van der Waals surface area contributed by atoms with Crippen molar-refractivity contribution < 1.29 is 14.3 Å². The zero-order valence-electron chi connectivity index (χ0n) is 15.2. The van der Waals surface area contributed by atoms with Gasteiger partial charge in [0.15, 0.2) is 0 Å². The van der Waals surface area contributed by atoms with Crippen LogP contribution in [0.5, 0.6) is 0 Å². The fraction of sp³-hybridized carbons (Fsp3) is 0.947. The van der Waals surface area contributed by atoms with Crippen LogP contribution in [0.3, 0.4) is 0 Å². The van der Waals surface area contributed by atoms with E-state index in [1.807, 2.05) is 0 Å². The second-order valence-corrected chi connectivity index (χ2v) is 6.61. The van der Waals surface area contributed by atoms with E-state index in [9.17, 15) is 4.79 Å². The van der Waals surface area contributed by atoms with E-state index in [1.165, 1.54) is 57.8 Å². The molecule has 136 valence electrons. The molecule has 0 amide bonds. The monoisotopic (exact) mass is 327 g/mol. The highest BCUT2D eigenvalue weighted by Gasteiger charge is 2.12. The topological polar surface area (TPSA) is 38.8 Å². The highest BCUT2D eigenvalue weighted by molar-refractivity contribution is 5.69. The average molecular weight is 328 g/mol. The van der Waals surface area contributed by atoms with Crippen LogP contribution < -0.4 is 0 Å². The van der Waals surface area contributed by atoms with E-state index in [-0.39, 0.29) is 5.97 Å². The highest BCUT2D eigenvalue weighted by atomic mass is 16.5. The van der Waals surface area contributed by atoms with E-state index in [1.54, 1.807) is 0 Å². The average Bonchev–Trinajstić information content (AvgIpc) is 2.59. The standard InChI is InChI=1S/C19H37NO3/c1-2-3-4-5-6-7-8-9-10-11-16-23-19(21)12-13-20-14-17-22-18-15-20/h2-18H2,1H3. The van der Waals surface area contributed by atoms with Crippen molar-refractivity contribution >= 4 is 5.97 Å². The van der Waals surface area contributed by atoms with Crippen LogP contribution in [-0.4, -0.2) is 50.3 Å². The van der Waals surface area contributed by atoms with E-state index in [2.05, 4.69) is 11.8 Å². The van der Waals surface area contributed by atoms with Gasteiger partial charge in [-0.3, -0.25) is 9.69 Å². The summed E-state index contributed by atoms with van der Waals surface area (Å²) in [5.41, 5.74) is 0. The van der Waals surface area contributed by atoms with Gasteiger partial charge in [0.05, 0.1) is 26.2 Å². The molecule has 4 heteroatoms. The Morgan fingerprint density at radius 3 is 2.09 bits per heavy atom. The van der Waals surface area contributed by atoms with Crippen molar-refractivity contribution in [3.63, 3.8) is 0 Å². The summed E-state index contributed by atoms with van der Waals surface area (Å²) in [6.45, 7) is 7.10. The minimum absolute atomic E-state index is 0.0487. The number of carbonyl (C=O) groups is 1. The Bertz CT molecular complexity index is 278. The van der Waals surface area contributed by atoms with Gasteiger partial charge in [-0.15, -0.1) is 0 Å². The second-order valence-electron chi connectivity index (χ2n) is 6.61. The number of hydrogen-bond acceptors (Lipinski definition) is 4. The molecule has 1 fully saturated rings. The molecule has 1 aliphatic heterocycles. The Labute approximate surface area is 142 Å². The number of nitrogens with zero attached hydrogens (tertiary/aromatic N) is 1. The van der Waals surface area contributed by atoms with E-state index in [4.69, 9.17) is 9.47 Å². The zero-order valence-corrected chi connectivity index (χ0v) is 15.2. The Balaban J connectivity index is 1.78. The predicted octanol–water partition coefficient (Wildman–Crippen LogP) is 4.17. The molecule has 23 heavy (non-hydrogen) atoms. The van der Waals surface area contributed by atoms with Crippen LogP contribution in [0.2, 0.25) is 0 Å². The van der Waals surface area contributed by atoms with Gasteiger partial charge in [0.1, 0.15) is 0 Å². The molecule has 0 aromatic heterocycles. The lowest BCUT2D eigenvalue weighted by Crippen LogP contribution is -2.37. The van der Waals surface area contributed by atoms with E-state index >= 15 is 0 Å². The molecule has 0 saturated carbocycles. The summed E-state index contributed by atoms with van der Waals surface area (Å²) in [5.74, 6) is -0.0487. The van der Waals surface area contributed by atoms with E-state index in [0.29, 0.717) is 13.0 Å². The Hall–Kier alpha value is -0.610. The molecule has 0 bridgehead atoms. The molecule has 0 aromatic carbocycles. The third-order valence-corrected chi connectivity index (χ3v) is 4.50. The van der Waals surface area contributed by atoms with Crippen LogP contribution in [0.4, 0.5) is 0 Å². The maximum atomic E-state index is 11.7. The van der Waals surface area contributed by atoms with Gasteiger partial charge in [-0.25, -0.2) is 0 Å². The zero-order chi connectivity index (χ0) is 16.6. The molecule has 1 aliphatic rings. The van der Waals surface area contributed by atoms with Crippen LogP contribution in [0, 0.1) is 0 Å². The molecule has 0 unspecified atom stereocenters. The number of rotatable bonds is 14. The predicted molar refractivity (Wildman–Crippen MR) is 94.7 cm³/mol. The Morgan fingerprint density at radius 1 is 0.913 bits per heavy atom. The molecule has 1 rings (SSSR count). The summed E-state index contributed by atoms with van der Waals surface area (Å²) in [6.07, 6.45) is 13.6. The van der Waals surface area contributed by atoms with Crippen molar-refractivity contribution in [3.05, 3.63) is 0 Å². The lowest BCUT2D eigenvalue weighted by atomic mass is 10.1. The van der Waals surface area contributed by atoms with Gasteiger partial charge in [-0.2, -0.15) is 0 Å². The number of hydrogen-bond donors (Lipinski definition) is 0. The summed E-state index contributed by atoms with van der Waals surface area (Å²) in [4.78, 5) is 13.9. The van der Waals surface area contributed by atoms with Crippen molar-refractivity contribution in [2.45, 2.75) is 77.6 Å². The fourth-order valence-corrected chi connectivity index (χ4v) is 2.92. The first-order valence-corrected chi connectivity index (χ1v) is 9.78. The van der Waals surface area contributed by atoms with Crippen LogP contribution >= 0.6 is 0 Å². The number of esters is 1. The molecular formula is C19H37NO3. The molecule has 4 nitrogen and oxygen atoms in total. The highest BCUT2D eigenvalue weighted by Crippen LogP contribution is 2.10. The van der Waals surface area contributed by atoms with Gasteiger partial charge >= 0.3 is 5.97 Å². The number of carbonyl (C=O) groups excluding carboxylic acids is 1. The lowest BCUT2D eigenvalue weighted by Gasteiger charge is -2.25. The van der Waals surface area contributed by atoms with E-state index < -0.39 is 0 Å². The van der Waals surface area contributed by atoms with Crippen LogP contribution in [0.25, 0.3) is 0 Å². The minimum Gasteiger partial charge on any atom is -0.466 e. The minimum atomic E-state index is -0.0487. The van der Waals surface area contributed by atoms with Crippen LogP contribution in [0.1, 0.15) is 77.6 Å². The maximum absolute atomic E-state index is 11.7. The van der Waals surface area contributed by atoms with Gasteiger partial charge in [-0.1, -0.05) is 64.7 Å². The summed E-state index contributed by atoms with van der Waals surface area (Å²) in [6, 6.07) is 0. The van der Waals surface area contributed by atoms with Crippen molar-refractivity contribution in [2.75, 3.05) is 39.5 Å². The fourth-order valence-electron chi connectivity index (χ4n) is 2.92. The first kappa shape index (κ1) is 20.4. The molecule has 0 aliphatic carbocycles. The summed E-state index contributed by atoms with van der Waals surface area (Å²) < 4.78 is 10.6. The van der Waals surface area contributed by atoms with Gasteiger partial charge in [-0.05, 0) is 6.42 Å². The van der Waals surface area contributed by atoms with Crippen molar-refractivity contribution in [1.29, 1.82) is 0 Å². The smallest absolute Gasteiger partial charge is 0.307 e. The first-order valence-electron chi connectivity index (χ1n) is 9.78. The molecule has 1 heterocycles. The van der Waals surface area contributed by atoms with Gasteiger partial charge in [0, 0.05) is 19.6 Å². The molecule has 1 saturated heterocycles. The van der Waals surface area contributed by atoms with Gasteiger partial charge in [0.25, 0.3) is 0 Å². The summed E-state index contributed by atoms with van der Waals surface area (Å²) in [5, 5.41) is 0. The summed E-state index contributed by atoms with van der Waals surface area (Å²) in [7, 11) is 0. The van der Waals surface area contributed by atoms with Crippen molar-refractivity contribution in [2.24, 2.45) is 0 Å². The third kappa shape index (κ3) is 12.5. The first-order chi connectivity index (χ1) is 11.3. The largest absolute Gasteiger partial charge is 0.466 e. The summed E-state index contributed by atoms with van der Waals surface area (Å²) >= 11 is 0. The van der Waals surface area contributed by atoms with Crippen molar-refractivity contribution in [3.8, 4) is 0 Å². The second kappa shape index (κ2) is 14.9. The Morgan fingerprint density at radius 2 is 1.48 bits per heavy atom. The molecule has 0 spiro atoms.